The molecule has 7 heteroatoms. The maximum absolute atomic E-state index is 12.4. The molecule has 0 aliphatic carbocycles. The largest absolute Gasteiger partial charge is 0.416 e. The highest BCUT2D eigenvalue weighted by Gasteiger charge is 2.36. The molecule has 0 aliphatic heterocycles. The van der Waals surface area contributed by atoms with E-state index in [2.05, 4.69) is 15.9 Å². The third-order valence-corrected chi connectivity index (χ3v) is 2.49. The van der Waals surface area contributed by atoms with Gasteiger partial charge in [-0.1, -0.05) is 15.9 Å². The molecule has 90 valence electrons. The fourth-order valence-corrected chi connectivity index (χ4v) is 1.62. The fraction of sp³-hybridized carbons (Fsp3) is 0.333. The number of alkyl halides is 7. The average molecular weight is 307 g/mol. The molecular formula is C9H5BrF6. The minimum atomic E-state index is -4.65. The topological polar surface area (TPSA) is 0 Å². The molecule has 0 nitrogen and oxygen atoms in total. The molecule has 0 N–H and O–H groups in total. The molecule has 0 saturated carbocycles. The summed E-state index contributed by atoms with van der Waals surface area (Å²) in [5.74, 6) is 0. The van der Waals surface area contributed by atoms with E-state index in [1.54, 1.807) is 0 Å². The summed E-state index contributed by atoms with van der Waals surface area (Å²) in [5, 5.41) is -0.286. The smallest absolute Gasteiger partial charge is 0.166 e. The van der Waals surface area contributed by atoms with Crippen molar-refractivity contribution in [3.8, 4) is 0 Å². The minimum absolute atomic E-state index is 0.286. The second-order valence-electron chi connectivity index (χ2n) is 3.00. The highest BCUT2D eigenvalue weighted by Crippen LogP contribution is 2.37. The van der Waals surface area contributed by atoms with Crippen LogP contribution in [-0.2, 0) is 17.7 Å². The first-order valence-electron chi connectivity index (χ1n) is 3.99. The van der Waals surface area contributed by atoms with Crippen molar-refractivity contribution in [3.05, 3.63) is 34.9 Å². The lowest BCUT2D eigenvalue weighted by atomic mass is 10.0. The Morgan fingerprint density at radius 2 is 1.50 bits per heavy atom. The predicted molar refractivity (Wildman–Crippen MR) is 49.1 cm³/mol. The van der Waals surface area contributed by atoms with Crippen LogP contribution in [0.3, 0.4) is 0 Å². The Kier molecular flexibility index (Phi) is 3.56. The van der Waals surface area contributed by atoms with Gasteiger partial charge in [0.1, 0.15) is 0 Å². The van der Waals surface area contributed by atoms with Gasteiger partial charge in [0.15, 0.2) is 0 Å². The molecule has 0 atom stereocenters. The molecule has 0 aliphatic rings. The Morgan fingerprint density at radius 3 is 1.88 bits per heavy atom. The van der Waals surface area contributed by atoms with E-state index in [1.807, 2.05) is 0 Å². The zero-order chi connectivity index (χ0) is 12.6. The molecule has 0 spiro atoms. The number of hydrogen-bond acceptors (Lipinski definition) is 0. The number of benzene rings is 1. The van der Waals surface area contributed by atoms with Crippen molar-refractivity contribution in [1.29, 1.82) is 0 Å². The van der Waals surface area contributed by atoms with Crippen molar-refractivity contribution < 1.29 is 26.3 Å². The van der Waals surface area contributed by atoms with Gasteiger partial charge in [0.2, 0.25) is 0 Å². The van der Waals surface area contributed by atoms with Crippen LogP contribution in [0.5, 0.6) is 0 Å². The van der Waals surface area contributed by atoms with Crippen molar-refractivity contribution in [2.24, 2.45) is 0 Å². The van der Waals surface area contributed by atoms with Gasteiger partial charge in [-0.25, -0.2) is 0 Å². The standard InChI is InChI=1S/C9H5BrF6/c10-4-5-3-6(8(11,12)13)1-2-7(5)9(14,15)16/h1-3H,4H2. The van der Waals surface area contributed by atoms with Gasteiger partial charge in [-0.2, -0.15) is 26.3 Å². The average Bonchev–Trinajstić information content (AvgIpc) is 2.14. The first-order chi connectivity index (χ1) is 7.16. The third kappa shape index (κ3) is 2.90. The zero-order valence-corrected chi connectivity index (χ0v) is 9.17. The van der Waals surface area contributed by atoms with Gasteiger partial charge in [-0.15, -0.1) is 0 Å². The van der Waals surface area contributed by atoms with Gasteiger partial charge in [-0.3, -0.25) is 0 Å². The van der Waals surface area contributed by atoms with Crippen LogP contribution in [-0.4, -0.2) is 0 Å². The van der Waals surface area contributed by atoms with E-state index in [9.17, 15) is 26.3 Å². The van der Waals surface area contributed by atoms with Gasteiger partial charge in [-0.05, 0) is 23.8 Å². The molecule has 1 aromatic rings. The minimum Gasteiger partial charge on any atom is -0.166 e. The van der Waals surface area contributed by atoms with Crippen LogP contribution < -0.4 is 0 Å². The number of hydrogen-bond donors (Lipinski definition) is 0. The van der Waals surface area contributed by atoms with Gasteiger partial charge < -0.3 is 0 Å². The van der Waals surface area contributed by atoms with Crippen LogP contribution in [0.1, 0.15) is 16.7 Å². The summed E-state index contributed by atoms with van der Waals surface area (Å²) < 4.78 is 73.8. The summed E-state index contributed by atoms with van der Waals surface area (Å²) in [6.07, 6.45) is -9.28. The molecule has 0 amide bonds. The second kappa shape index (κ2) is 4.27. The molecule has 0 bridgehead atoms. The number of rotatable bonds is 1. The summed E-state index contributed by atoms with van der Waals surface area (Å²) >= 11 is 2.73. The van der Waals surface area contributed by atoms with E-state index in [0.717, 1.165) is 0 Å². The molecule has 0 saturated heterocycles. The highest BCUT2D eigenvalue weighted by atomic mass is 79.9. The van der Waals surface area contributed by atoms with E-state index in [4.69, 9.17) is 0 Å². The number of halogens is 7. The zero-order valence-electron chi connectivity index (χ0n) is 7.58. The Morgan fingerprint density at radius 1 is 0.938 bits per heavy atom. The van der Waals surface area contributed by atoms with Gasteiger partial charge in [0.05, 0.1) is 11.1 Å². The summed E-state index contributed by atoms with van der Waals surface area (Å²) in [6.45, 7) is 0. The molecule has 0 heterocycles. The van der Waals surface area contributed by atoms with Crippen LogP contribution in [0.15, 0.2) is 18.2 Å². The first kappa shape index (κ1) is 13.3. The van der Waals surface area contributed by atoms with Crippen LogP contribution in [0.4, 0.5) is 26.3 Å². The van der Waals surface area contributed by atoms with Gasteiger partial charge >= 0.3 is 12.4 Å². The molecule has 0 unspecified atom stereocenters. The molecule has 1 rings (SSSR count). The van der Waals surface area contributed by atoms with E-state index in [-0.39, 0.29) is 5.33 Å². The summed E-state index contributed by atoms with van der Waals surface area (Å²) in [6, 6.07) is 1.37. The Balaban J connectivity index is 3.28. The fourth-order valence-electron chi connectivity index (χ4n) is 1.16. The maximum Gasteiger partial charge on any atom is 0.416 e. The van der Waals surface area contributed by atoms with Crippen molar-refractivity contribution in [2.75, 3.05) is 0 Å². The van der Waals surface area contributed by atoms with Crippen LogP contribution >= 0.6 is 15.9 Å². The van der Waals surface area contributed by atoms with E-state index in [1.165, 1.54) is 0 Å². The quantitative estimate of drug-likeness (QED) is 0.524. The van der Waals surface area contributed by atoms with E-state index in [0.29, 0.717) is 18.2 Å². The van der Waals surface area contributed by atoms with Crippen molar-refractivity contribution >= 4 is 15.9 Å². The summed E-state index contributed by atoms with van der Waals surface area (Å²) in [7, 11) is 0. The molecule has 0 fully saturated rings. The second-order valence-corrected chi connectivity index (χ2v) is 3.56. The van der Waals surface area contributed by atoms with Crippen LogP contribution in [0.25, 0.3) is 0 Å². The monoisotopic (exact) mass is 306 g/mol. The molecule has 1 aromatic carbocycles. The van der Waals surface area contributed by atoms with Crippen molar-refractivity contribution in [1.82, 2.24) is 0 Å². The Hall–Kier alpha value is -0.720. The van der Waals surface area contributed by atoms with Gasteiger partial charge in [0, 0.05) is 5.33 Å². The summed E-state index contributed by atoms with van der Waals surface area (Å²) in [4.78, 5) is 0. The lowest BCUT2D eigenvalue weighted by Gasteiger charge is -2.14. The molecule has 0 aromatic heterocycles. The Labute approximate surface area is 95.4 Å². The van der Waals surface area contributed by atoms with Crippen LogP contribution in [0, 0.1) is 0 Å². The maximum atomic E-state index is 12.4. The van der Waals surface area contributed by atoms with Crippen molar-refractivity contribution in [3.63, 3.8) is 0 Å². The molecular weight excluding hydrogens is 302 g/mol. The summed E-state index contributed by atoms with van der Waals surface area (Å²) in [5.41, 5.74) is -2.57. The SMILES string of the molecule is FC(F)(F)c1ccc(C(F)(F)F)c(CBr)c1. The van der Waals surface area contributed by atoms with Gasteiger partial charge in [0.25, 0.3) is 0 Å². The van der Waals surface area contributed by atoms with Crippen molar-refractivity contribution in [2.45, 2.75) is 17.7 Å². The third-order valence-electron chi connectivity index (χ3n) is 1.88. The Bertz CT molecular complexity index is 379. The molecule has 0 radical (unpaired) electrons. The highest BCUT2D eigenvalue weighted by molar-refractivity contribution is 9.08. The predicted octanol–water partition coefficient (Wildman–Crippen LogP) is 4.62. The lowest BCUT2D eigenvalue weighted by Crippen LogP contribution is -2.11. The molecule has 16 heavy (non-hydrogen) atoms. The lowest BCUT2D eigenvalue weighted by molar-refractivity contribution is -0.141. The van der Waals surface area contributed by atoms with E-state index >= 15 is 0 Å². The normalized spacial score (nSPS) is 12.9. The van der Waals surface area contributed by atoms with Crippen LogP contribution in [0.2, 0.25) is 0 Å². The first-order valence-corrected chi connectivity index (χ1v) is 5.11. The van der Waals surface area contributed by atoms with E-state index < -0.39 is 29.0 Å².